The molecule has 0 saturated heterocycles. The van der Waals surface area contributed by atoms with Gasteiger partial charge in [0.05, 0.1) is 0 Å². The highest BCUT2D eigenvalue weighted by Gasteiger charge is 2.18. The van der Waals surface area contributed by atoms with Gasteiger partial charge in [0.25, 0.3) is 0 Å². The molecule has 2 atom stereocenters. The van der Waals surface area contributed by atoms with E-state index in [-0.39, 0.29) is 5.91 Å². The van der Waals surface area contributed by atoms with Crippen LogP contribution in [0.4, 0.5) is 0 Å². The maximum atomic E-state index is 11.1. The summed E-state index contributed by atoms with van der Waals surface area (Å²) in [4.78, 5) is 11.1. The Balaban J connectivity index is 2.20. The van der Waals surface area contributed by atoms with E-state index in [0.717, 1.165) is 12.5 Å². The van der Waals surface area contributed by atoms with E-state index in [1.165, 1.54) is 32.1 Å². The predicted octanol–water partition coefficient (Wildman–Crippen LogP) is 1.68. The molecular formula is C12H24N2O. The number of rotatable bonds is 4. The van der Waals surface area contributed by atoms with Gasteiger partial charge in [0.2, 0.25) is 5.91 Å². The molecule has 3 nitrogen and oxygen atoms in total. The molecule has 0 aromatic rings. The van der Waals surface area contributed by atoms with Crippen molar-refractivity contribution >= 4 is 5.91 Å². The topological polar surface area (TPSA) is 41.1 Å². The summed E-state index contributed by atoms with van der Waals surface area (Å²) in [5.41, 5.74) is 0. The third kappa shape index (κ3) is 4.65. The Morgan fingerprint density at radius 3 is 2.73 bits per heavy atom. The first-order valence-electron chi connectivity index (χ1n) is 6.18. The van der Waals surface area contributed by atoms with Gasteiger partial charge in [-0.05, 0) is 18.8 Å². The van der Waals surface area contributed by atoms with Crippen LogP contribution in [0.3, 0.4) is 0 Å². The molecule has 0 aliphatic heterocycles. The maximum Gasteiger partial charge on any atom is 0.221 e. The lowest BCUT2D eigenvalue weighted by Crippen LogP contribution is -2.36. The normalized spacial score (nSPS) is 27.1. The quantitative estimate of drug-likeness (QED) is 0.696. The van der Waals surface area contributed by atoms with Crippen molar-refractivity contribution in [2.45, 2.75) is 51.5 Å². The molecule has 0 aromatic heterocycles. The standard InChI is InChI=1S/C12H24N2O/c1-10-6-4-3-5-7-11(10)14-9-8-12(15)13-2/h10-11,14H,3-9H2,1-2H3,(H,13,15). The third-order valence-corrected chi connectivity index (χ3v) is 3.40. The Hall–Kier alpha value is -0.570. The second-order valence-electron chi connectivity index (χ2n) is 4.60. The number of hydrogen-bond acceptors (Lipinski definition) is 2. The Labute approximate surface area is 93.0 Å². The van der Waals surface area contributed by atoms with Crippen LogP contribution in [0.2, 0.25) is 0 Å². The van der Waals surface area contributed by atoms with Gasteiger partial charge in [-0.25, -0.2) is 0 Å². The zero-order valence-electron chi connectivity index (χ0n) is 10.0. The predicted molar refractivity (Wildman–Crippen MR) is 62.7 cm³/mol. The van der Waals surface area contributed by atoms with Crippen molar-refractivity contribution in [2.24, 2.45) is 5.92 Å². The van der Waals surface area contributed by atoms with Crippen LogP contribution >= 0.6 is 0 Å². The van der Waals surface area contributed by atoms with Crippen molar-refractivity contribution in [3.63, 3.8) is 0 Å². The fraction of sp³-hybridized carbons (Fsp3) is 0.917. The smallest absolute Gasteiger partial charge is 0.221 e. The van der Waals surface area contributed by atoms with Gasteiger partial charge in [0.15, 0.2) is 0 Å². The maximum absolute atomic E-state index is 11.1. The summed E-state index contributed by atoms with van der Waals surface area (Å²) in [6, 6.07) is 0.622. The monoisotopic (exact) mass is 212 g/mol. The van der Waals surface area contributed by atoms with Gasteiger partial charge in [0.1, 0.15) is 0 Å². The Morgan fingerprint density at radius 2 is 2.00 bits per heavy atom. The number of amides is 1. The van der Waals surface area contributed by atoms with Crippen LogP contribution in [0.15, 0.2) is 0 Å². The molecule has 0 aromatic carbocycles. The highest BCUT2D eigenvalue weighted by molar-refractivity contribution is 5.75. The van der Waals surface area contributed by atoms with E-state index >= 15 is 0 Å². The van der Waals surface area contributed by atoms with Crippen molar-refractivity contribution in [1.29, 1.82) is 0 Å². The minimum atomic E-state index is 0.128. The molecule has 0 bridgehead atoms. The summed E-state index contributed by atoms with van der Waals surface area (Å²) in [6.45, 7) is 3.14. The summed E-state index contributed by atoms with van der Waals surface area (Å²) in [7, 11) is 1.69. The summed E-state index contributed by atoms with van der Waals surface area (Å²) in [5.74, 6) is 0.890. The van der Waals surface area contributed by atoms with E-state index in [0.29, 0.717) is 12.5 Å². The van der Waals surface area contributed by atoms with Crippen molar-refractivity contribution in [3.8, 4) is 0 Å². The number of nitrogens with one attached hydrogen (secondary N) is 2. The summed E-state index contributed by atoms with van der Waals surface area (Å²) in [6.07, 6.45) is 7.28. The highest BCUT2D eigenvalue weighted by atomic mass is 16.1. The summed E-state index contributed by atoms with van der Waals surface area (Å²) < 4.78 is 0. The van der Waals surface area contributed by atoms with Crippen LogP contribution in [0.1, 0.15) is 45.4 Å². The van der Waals surface area contributed by atoms with E-state index < -0.39 is 0 Å². The van der Waals surface area contributed by atoms with Crippen LogP contribution in [0.5, 0.6) is 0 Å². The molecule has 1 saturated carbocycles. The fourth-order valence-corrected chi connectivity index (χ4v) is 2.29. The molecule has 1 aliphatic carbocycles. The Morgan fingerprint density at radius 1 is 1.27 bits per heavy atom. The van der Waals surface area contributed by atoms with Crippen molar-refractivity contribution in [1.82, 2.24) is 10.6 Å². The lowest BCUT2D eigenvalue weighted by molar-refractivity contribution is -0.120. The first-order valence-corrected chi connectivity index (χ1v) is 6.18. The van der Waals surface area contributed by atoms with E-state index in [4.69, 9.17) is 0 Å². The average Bonchev–Trinajstić information content (AvgIpc) is 2.44. The second kappa shape index (κ2) is 6.83. The molecule has 1 amide bonds. The molecule has 1 rings (SSSR count). The van der Waals surface area contributed by atoms with Gasteiger partial charge in [0, 0.05) is 26.1 Å². The van der Waals surface area contributed by atoms with E-state index in [1.54, 1.807) is 7.05 Å². The Kier molecular flexibility index (Phi) is 5.69. The molecule has 1 fully saturated rings. The van der Waals surface area contributed by atoms with Crippen molar-refractivity contribution in [2.75, 3.05) is 13.6 Å². The minimum absolute atomic E-state index is 0.128. The van der Waals surface area contributed by atoms with Gasteiger partial charge < -0.3 is 10.6 Å². The average molecular weight is 212 g/mol. The first-order chi connectivity index (χ1) is 7.24. The molecule has 0 radical (unpaired) electrons. The molecule has 88 valence electrons. The van der Waals surface area contributed by atoms with Gasteiger partial charge in [-0.15, -0.1) is 0 Å². The van der Waals surface area contributed by atoms with Gasteiger partial charge in [-0.2, -0.15) is 0 Å². The SMILES string of the molecule is CNC(=O)CCNC1CCCCCC1C. The zero-order valence-corrected chi connectivity index (χ0v) is 10.0. The van der Waals surface area contributed by atoms with Crippen LogP contribution < -0.4 is 10.6 Å². The second-order valence-corrected chi connectivity index (χ2v) is 4.60. The minimum Gasteiger partial charge on any atom is -0.359 e. The van der Waals surface area contributed by atoms with Crippen LogP contribution in [-0.2, 0) is 4.79 Å². The van der Waals surface area contributed by atoms with Gasteiger partial charge in [-0.1, -0.05) is 26.2 Å². The lowest BCUT2D eigenvalue weighted by Gasteiger charge is -2.22. The number of carbonyl (C=O) groups excluding carboxylic acids is 1. The van der Waals surface area contributed by atoms with Crippen LogP contribution in [-0.4, -0.2) is 25.5 Å². The number of carbonyl (C=O) groups is 1. The molecule has 1 aliphatic rings. The molecule has 0 heterocycles. The Bertz CT molecular complexity index is 194. The first kappa shape index (κ1) is 12.5. The van der Waals surface area contributed by atoms with Crippen molar-refractivity contribution in [3.05, 3.63) is 0 Å². The van der Waals surface area contributed by atoms with Gasteiger partial charge >= 0.3 is 0 Å². The zero-order chi connectivity index (χ0) is 11.1. The highest BCUT2D eigenvalue weighted by Crippen LogP contribution is 2.22. The van der Waals surface area contributed by atoms with Crippen LogP contribution in [0.25, 0.3) is 0 Å². The largest absolute Gasteiger partial charge is 0.359 e. The third-order valence-electron chi connectivity index (χ3n) is 3.40. The molecule has 3 heteroatoms. The van der Waals surface area contributed by atoms with Crippen molar-refractivity contribution < 1.29 is 4.79 Å². The molecule has 0 spiro atoms. The molecular weight excluding hydrogens is 188 g/mol. The summed E-state index contributed by atoms with van der Waals surface area (Å²) >= 11 is 0. The molecule has 2 unspecified atom stereocenters. The summed E-state index contributed by atoms with van der Waals surface area (Å²) in [5, 5.41) is 6.16. The van der Waals surface area contributed by atoms with Gasteiger partial charge in [-0.3, -0.25) is 4.79 Å². The van der Waals surface area contributed by atoms with E-state index in [1.807, 2.05) is 0 Å². The number of hydrogen-bond donors (Lipinski definition) is 2. The fourth-order valence-electron chi connectivity index (χ4n) is 2.29. The van der Waals surface area contributed by atoms with Crippen LogP contribution in [0, 0.1) is 5.92 Å². The van der Waals surface area contributed by atoms with E-state index in [2.05, 4.69) is 17.6 Å². The van der Waals surface area contributed by atoms with E-state index in [9.17, 15) is 4.79 Å². The molecule has 15 heavy (non-hydrogen) atoms. The molecule has 2 N–H and O–H groups in total. The lowest BCUT2D eigenvalue weighted by atomic mass is 9.97.